The van der Waals surface area contributed by atoms with E-state index in [0.29, 0.717) is 22.3 Å². The topological polar surface area (TPSA) is 64.7 Å². The van der Waals surface area contributed by atoms with Crippen LogP contribution in [0.1, 0.15) is 11.3 Å². The minimum atomic E-state index is -0.173. The van der Waals surface area contributed by atoms with Gasteiger partial charge in [-0.05, 0) is 40.5 Å². The van der Waals surface area contributed by atoms with Crippen LogP contribution in [0.5, 0.6) is 0 Å². The number of carbonyl (C=O) groups excluding carboxylic acids is 1. The number of amides is 1. The summed E-state index contributed by atoms with van der Waals surface area (Å²) in [6.07, 6.45) is 5.02. The van der Waals surface area contributed by atoms with Gasteiger partial charge in [-0.3, -0.25) is 14.2 Å². The zero-order valence-corrected chi connectivity index (χ0v) is 16.3. The molecule has 6 nitrogen and oxygen atoms in total. The van der Waals surface area contributed by atoms with Gasteiger partial charge < -0.3 is 5.32 Å². The van der Waals surface area contributed by atoms with Crippen molar-refractivity contribution in [3.63, 3.8) is 0 Å². The molecule has 2 heterocycles. The third-order valence-electron chi connectivity index (χ3n) is 3.58. The van der Waals surface area contributed by atoms with E-state index in [-0.39, 0.29) is 12.5 Å². The van der Waals surface area contributed by atoms with Crippen molar-refractivity contribution < 1.29 is 4.79 Å². The van der Waals surface area contributed by atoms with E-state index in [4.69, 9.17) is 23.2 Å². The van der Waals surface area contributed by atoms with Gasteiger partial charge in [0.2, 0.25) is 5.91 Å². The van der Waals surface area contributed by atoms with Gasteiger partial charge in [0.25, 0.3) is 0 Å². The summed E-state index contributed by atoms with van der Waals surface area (Å²) in [6, 6.07) is 5.42. The van der Waals surface area contributed by atoms with Crippen LogP contribution in [0.3, 0.4) is 0 Å². The molecule has 0 aliphatic heterocycles. The Morgan fingerprint density at radius 3 is 2.72 bits per heavy atom. The molecule has 2 aromatic heterocycles. The fraction of sp³-hybridized carbons (Fsp3) is 0.188. The van der Waals surface area contributed by atoms with Gasteiger partial charge in [0, 0.05) is 6.20 Å². The van der Waals surface area contributed by atoms with Crippen LogP contribution in [0.15, 0.2) is 41.3 Å². The Kier molecular flexibility index (Phi) is 5.46. The number of aromatic nitrogens is 4. The first kappa shape index (κ1) is 18.0. The first-order valence-corrected chi connectivity index (χ1v) is 8.91. The first-order valence-electron chi connectivity index (χ1n) is 7.36. The summed E-state index contributed by atoms with van der Waals surface area (Å²) in [5, 5.41) is 12.2. The van der Waals surface area contributed by atoms with E-state index in [1.807, 2.05) is 13.0 Å². The van der Waals surface area contributed by atoms with Crippen LogP contribution in [0, 0.1) is 6.92 Å². The summed E-state index contributed by atoms with van der Waals surface area (Å²) in [4.78, 5) is 12.1. The second-order valence-electron chi connectivity index (χ2n) is 5.46. The zero-order valence-electron chi connectivity index (χ0n) is 13.2. The van der Waals surface area contributed by atoms with E-state index in [2.05, 4.69) is 31.4 Å². The molecular formula is C16H14BrCl2N5O. The van der Waals surface area contributed by atoms with Crippen molar-refractivity contribution in [2.24, 2.45) is 0 Å². The van der Waals surface area contributed by atoms with E-state index in [9.17, 15) is 4.79 Å². The van der Waals surface area contributed by atoms with Crippen molar-refractivity contribution in [3.05, 3.63) is 62.6 Å². The van der Waals surface area contributed by atoms with Crippen molar-refractivity contribution in [2.75, 3.05) is 5.32 Å². The van der Waals surface area contributed by atoms with E-state index >= 15 is 0 Å². The van der Waals surface area contributed by atoms with Gasteiger partial charge in [-0.1, -0.05) is 29.3 Å². The smallest absolute Gasteiger partial charge is 0.246 e. The molecule has 1 N–H and O–H groups in total. The lowest BCUT2D eigenvalue weighted by Crippen LogP contribution is -2.20. The van der Waals surface area contributed by atoms with Crippen molar-refractivity contribution in [2.45, 2.75) is 20.0 Å². The predicted molar refractivity (Wildman–Crippen MR) is 101 cm³/mol. The van der Waals surface area contributed by atoms with Gasteiger partial charge in [0.15, 0.2) is 0 Å². The van der Waals surface area contributed by atoms with E-state index < -0.39 is 0 Å². The van der Waals surface area contributed by atoms with Gasteiger partial charge >= 0.3 is 0 Å². The summed E-state index contributed by atoms with van der Waals surface area (Å²) >= 11 is 15.3. The average Bonchev–Trinajstić information content (AvgIpc) is 3.12. The molecule has 0 radical (unpaired) electrons. The number of nitrogens with one attached hydrogen (secondary N) is 1. The minimum Gasteiger partial charge on any atom is -0.322 e. The molecule has 25 heavy (non-hydrogen) atoms. The Hall–Kier alpha value is -1.83. The maximum atomic E-state index is 12.1. The van der Waals surface area contributed by atoms with Crippen LogP contribution >= 0.6 is 39.1 Å². The number of benzene rings is 1. The van der Waals surface area contributed by atoms with Crippen LogP contribution in [-0.4, -0.2) is 25.5 Å². The molecule has 0 atom stereocenters. The normalized spacial score (nSPS) is 10.9. The highest BCUT2D eigenvalue weighted by atomic mass is 79.9. The van der Waals surface area contributed by atoms with Crippen molar-refractivity contribution in [1.29, 1.82) is 0 Å². The number of hydrogen-bond donors (Lipinski definition) is 1. The highest BCUT2D eigenvalue weighted by Crippen LogP contribution is 2.23. The Morgan fingerprint density at radius 2 is 2.04 bits per heavy atom. The maximum absolute atomic E-state index is 12.1. The lowest BCUT2D eigenvalue weighted by atomic mass is 10.2. The Balaban J connectivity index is 1.62. The van der Waals surface area contributed by atoms with Crippen molar-refractivity contribution in [1.82, 2.24) is 19.6 Å². The molecule has 9 heteroatoms. The number of nitrogens with zero attached hydrogens (tertiary/aromatic N) is 4. The monoisotopic (exact) mass is 441 g/mol. The molecule has 3 rings (SSSR count). The molecule has 0 aliphatic carbocycles. The first-order chi connectivity index (χ1) is 11.9. The van der Waals surface area contributed by atoms with Gasteiger partial charge in [-0.2, -0.15) is 10.2 Å². The molecular weight excluding hydrogens is 429 g/mol. The fourth-order valence-electron chi connectivity index (χ4n) is 2.26. The minimum absolute atomic E-state index is 0.134. The highest BCUT2D eigenvalue weighted by Gasteiger charge is 2.10. The summed E-state index contributed by atoms with van der Waals surface area (Å²) in [7, 11) is 0. The summed E-state index contributed by atoms with van der Waals surface area (Å²) in [5.41, 5.74) is 2.48. The zero-order chi connectivity index (χ0) is 18.0. The lowest BCUT2D eigenvalue weighted by molar-refractivity contribution is -0.116. The summed E-state index contributed by atoms with van der Waals surface area (Å²) in [5.74, 6) is -0.173. The quantitative estimate of drug-likeness (QED) is 0.645. The van der Waals surface area contributed by atoms with Crippen LogP contribution in [-0.2, 0) is 17.9 Å². The molecule has 0 saturated heterocycles. The molecule has 0 aliphatic rings. The van der Waals surface area contributed by atoms with Crippen molar-refractivity contribution >= 4 is 50.7 Å². The van der Waals surface area contributed by atoms with Gasteiger partial charge in [0.05, 0.1) is 44.8 Å². The molecule has 0 unspecified atom stereocenters. The molecule has 0 fully saturated rings. The number of anilines is 1. The van der Waals surface area contributed by atoms with Gasteiger partial charge in [-0.15, -0.1) is 0 Å². The van der Waals surface area contributed by atoms with Crippen molar-refractivity contribution in [3.8, 4) is 0 Å². The average molecular weight is 443 g/mol. The third-order valence-corrected chi connectivity index (χ3v) is 5.10. The molecule has 0 bridgehead atoms. The maximum Gasteiger partial charge on any atom is 0.246 e. The van der Waals surface area contributed by atoms with Gasteiger partial charge in [-0.25, -0.2) is 0 Å². The highest BCUT2D eigenvalue weighted by molar-refractivity contribution is 9.10. The molecule has 130 valence electrons. The van der Waals surface area contributed by atoms with Crippen LogP contribution in [0.4, 0.5) is 5.69 Å². The molecule has 0 saturated carbocycles. The fourth-order valence-corrected chi connectivity index (χ4v) is 2.88. The third kappa shape index (κ3) is 4.42. The van der Waals surface area contributed by atoms with E-state index in [1.165, 1.54) is 0 Å². The SMILES string of the molecule is Cc1c(Br)cnn1CC(=O)Nc1cnn(Cc2ccc(Cl)c(Cl)c2)c1. The molecule has 3 aromatic rings. The number of halogens is 3. The lowest BCUT2D eigenvalue weighted by Gasteiger charge is -2.05. The van der Waals surface area contributed by atoms with Crippen LogP contribution < -0.4 is 5.32 Å². The molecule has 1 amide bonds. The van der Waals surface area contributed by atoms with E-state index in [0.717, 1.165) is 15.7 Å². The number of rotatable bonds is 5. The summed E-state index contributed by atoms with van der Waals surface area (Å²) < 4.78 is 4.21. The predicted octanol–water partition coefficient (Wildman–Crippen LogP) is 4.14. The molecule has 1 aromatic carbocycles. The Labute approximate surface area is 162 Å². The van der Waals surface area contributed by atoms with Gasteiger partial charge in [0.1, 0.15) is 6.54 Å². The number of carbonyl (C=O) groups is 1. The second kappa shape index (κ2) is 7.59. The summed E-state index contributed by atoms with van der Waals surface area (Å²) in [6.45, 7) is 2.55. The largest absolute Gasteiger partial charge is 0.322 e. The molecule has 0 spiro atoms. The van der Waals surface area contributed by atoms with E-state index in [1.54, 1.807) is 40.1 Å². The Morgan fingerprint density at radius 1 is 1.24 bits per heavy atom. The van der Waals surface area contributed by atoms with Crippen LogP contribution in [0.25, 0.3) is 0 Å². The number of hydrogen-bond acceptors (Lipinski definition) is 3. The van der Waals surface area contributed by atoms with Crippen LogP contribution in [0.2, 0.25) is 10.0 Å². The second-order valence-corrected chi connectivity index (χ2v) is 7.13. The standard InChI is InChI=1S/C16H14BrCl2N5O/c1-10-13(17)6-21-24(10)9-16(25)22-12-5-20-23(8-12)7-11-2-3-14(18)15(19)4-11/h2-6,8H,7,9H2,1H3,(H,22,25). The Bertz CT molecular complexity index is 921.